The van der Waals surface area contributed by atoms with Crippen LogP contribution in [0.3, 0.4) is 0 Å². The number of nitrogens with one attached hydrogen (secondary N) is 1. The fourth-order valence-electron chi connectivity index (χ4n) is 2.04. The van der Waals surface area contributed by atoms with Gasteiger partial charge in [0.15, 0.2) is 0 Å². The Kier molecular flexibility index (Phi) is 5.58. The maximum Gasteiger partial charge on any atom is 0.335 e. The summed E-state index contributed by atoms with van der Waals surface area (Å²) >= 11 is 11.8. The smallest absolute Gasteiger partial charge is 0.335 e. The van der Waals surface area contributed by atoms with E-state index in [2.05, 4.69) is 11.9 Å². The summed E-state index contributed by atoms with van der Waals surface area (Å²) in [5.74, 6) is -2.62. The molecule has 0 radical (unpaired) electrons. The van der Waals surface area contributed by atoms with Crippen molar-refractivity contribution in [2.24, 2.45) is 0 Å². The molecule has 5 amide bonds. The highest BCUT2D eigenvalue weighted by atomic mass is 35.5. The largest absolute Gasteiger partial charge is 0.350 e. The van der Waals surface area contributed by atoms with Crippen LogP contribution in [0.2, 0.25) is 10.0 Å². The predicted molar refractivity (Wildman–Crippen MR) is 87.3 cm³/mol. The van der Waals surface area contributed by atoms with E-state index in [4.69, 9.17) is 23.2 Å². The molecule has 1 saturated heterocycles. The van der Waals surface area contributed by atoms with Crippen molar-refractivity contribution in [2.45, 2.75) is 6.54 Å². The van der Waals surface area contributed by atoms with Gasteiger partial charge >= 0.3 is 17.8 Å². The van der Waals surface area contributed by atoms with Crippen molar-refractivity contribution in [1.82, 2.24) is 15.1 Å². The number of hydrogen-bond acceptors (Lipinski definition) is 4. The van der Waals surface area contributed by atoms with Crippen LogP contribution in [0.25, 0.3) is 0 Å². The first-order valence-electron chi connectivity index (χ1n) is 6.84. The van der Waals surface area contributed by atoms with Crippen LogP contribution in [0.15, 0.2) is 30.9 Å². The van der Waals surface area contributed by atoms with E-state index in [1.807, 2.05) is 0 Å². The lowest BCUT2D eigenvalue weighted by atomic mass is 10.2. The lowest BCUT2D eigenvalue weighted by Gasteiger charge is -2.14. The molecule has 0 aliphatic carbocycles. The number of rotatable bonds is 6. The van der Waals surface area contributed by atoms with Crippen molar-refractivity contribution < 1.29 is 19.2 Å². The maximum absolute atomic E-state index is 12.0. The van der Waals surface area contributed by atoms with Crippen molar-refractivity contribution in [3.63, 3.8) is 0 Å². The fourth-order valence-corrected chi connectivity index (χ4v) is 2.51. The van der Waals surface area contributed by atoms with Crippen molar-refractivity contribution in [3.8, 4) is 0 Å². The monoisotopic (exact) mass is 369 g/mol. The third kappa shape index (κ3) is 3.74. The van der Waals surface area contributed by atoms with Gasteiger partial charge in [0.1, 0.15) is 6.54 Å². The lowest BCUT2D eigenvalue weighted by Crippen LogP contribution is -2.41. The molecule has 24 heavy (non-hydrogen) atoms. The SMILES string of the molecule is C=CCN1C(=O)C(=O)N(CC(=O)NCc2ccc(Cl)cc2Cl)C1=O. The van der Waals surface area contributed by atoms with E-state index < -0.39 is 30.3 Å². The van der Waals surface area contributed by atoms with Crippen LogP contribution in [0, 0.1) is 0 Å². The lowest BCUT2D eigenvalue weighted by molar-refractivity contribution is -0.143. The number of nitrogens with zero attached hydrogens (tertiary/aromatic N) is 2. The van der Waals surface area contributed by atoms with E-state index in [0.717, 1.165) is 4.90 Å². The quantitative estimate of drug-likeness (QED) is 0.468. The zero-order valence-corrected chi connectivity index (χ0v) is 13.9. The maximum atomic E-state index is 12.0. The van der Waals surface area contributed by atoms with E-state index in [9.17, 15) is 19.2 Å². The van der Waals surface area contributed by atoms with Crippen LogP contribution < -0.4 is 5.32 Å². The van der Waals surface area contributed by atoms with Crippen LogP contribution in [-0.2, 0) is 20.9 Å². The number of benzene rings is 1. The molecule has 1 aromatic carbocycles. The third-order valence-electron chi connectivity index (χ3n) is 3.24. The Morgan fingerprint density at radius 3 is 2.46 bits per heavy atom. The second-order valence-corrected chi connectivity index (χ2v) is 5.73. The summed E-state index contributed by atoms with van der Waals surface area (Å²) in [6.07, 6.45) is 1.31. The molecule has 0 saturated carbocycles. The summed E-state index contributed by atoms with van der Waals surface area (Å²) in [6.45, 7) is 2.85. The number of carbonyl (C=O) groups is 4. The van der Waals surface area contributed by atoms with Crippen molar-refractivity contribution in [1.29, 1.82) is 0 Å². The molecule has 0 atom stereocenters. The summed E-state index contributed by atoms with van der Waals surface area (Å²) in [6, 6.07) is 3.95. The van der Waals surface area contributed by atoms with Gasteiger partial charge in [-0.2, -0.15) is 0 Å². The fraction of sp³-hybridized carbons (Fsp3) is 0.200. The Bertz CT molecular complexity index is 735. The Morgan fingerprint density at radius 2 is 1.83 bits per heavy atom. The molecule has 1 N–H and O–H groups in total. The van der Waals surface area contributed by atoms with Crippen LogP contribution in [0.5, 0.6) is 0 Å². The molecule has 0 unspecified atom stereocenters. The van der Waals surface area contributed by atoms with E-state index in [0.29, 0.717) is 20.5 Å². The number of halogens is 2. The van der Waals surface area contributed by atoms with E-state index in [1.165, 1.54) is 12.1 Å². The average molecular weight is 370 g/mol. The molecule has 9 heteroatoms. The van der Waals surface area contributed by atoms with Crippen LogP contribution in [-0.4, -0.2) is 46.6 Å². The number of carbonyl (C=O) groups excluding carboxylic acids is 4. The number of hydrogen-bond donors (Lipinski definition) is 1. The molecule has 1 aromatic rings. The topological polar surface area (TPSA) is 86.8 Å². The molecular weight excluding hydrogens is 357 g/mol. The molecule has 1 heterocycles. The summed E-state index contributed by atoms with van der Waals surface area (Å²) in [5, 5.41) is 3.37. The van der Waals surface area contributed by atoms with Crippen molar-refractivity contribution >= 4 is 47.0 Å². The van der Waals surface area contributed by atoms with Gasteiger partial charge in [-0.15, -0.1) is 6.58 Å². The first kappa shape index (κ1) is 18.0. The van der Waals surface area contributed by atoms with Gasteiger partial charge in [0.2, 0.25) is 5.91 Å². The molecular formula is C15H13Cl2N3O4. The molecule has 1 aliphatic heterocycles. The first-order valence-corrected chi connectivity index (χ1v) is 7.59. The molecule has 126 valence electrons. The van der Waals surface area contributed by atoms with Gasteiger partial charge in [-0.1, -0.05) is 35.3 Å². The second-order valence-electron chi connectivity index (χ2n) is 4.89. The summed E-state index contributed by atoms with van der Waals surface area (Å²) < 4.78 is 0. The number of imide groups is 2. The molecule has 0 spiro atoms. The standard InChI is InChI=1S/C15H13Cl2N3O4/c1-2-5-19-13(22)14(23)20(15(19)24)8-12(21)18-7-9-3-4-10(16)6-11(9)17/h2-4,6H,1,5,7-8H2,(H,18,21). The first-order chi connectivity index (χ1) is 11.3. The van der Waals surface area contributed by atoms with Crippen molar-refractivity contribution in [3.05, 3.63) is 46.5 Å². The average Bonchev–Trinajstić information content (AvgIpc) is 2.72. The van der Waals surface area contributed by atoms with E-state index in [-0.39, 0.29) is 13.1 Å². The third-order valence-corrected chi connectivity index (χ3v) is 3.83. The highest BCUT2D eigenvalue weighted by Crippen LogP contribution is 2.20. The Labute approximate surface area is 147 Å². The van der Waals surface area contributed by atoms with Crippen molar-refractivity contribution in [2.75, 3.05) is 13.1 Å². The zero-order valence-electron chi connectivity index (χ0n) is 12.4. The summed E-state index contributed by atoms with van der Waals surface area (Å²) in [4.78, 5) is 48.6. The van der Waals surface area contributed by atoms with Crippen LogP contribution in [0.4, 0.5) is 4.79 Å². The molecule has 0 bridgehead atoms. The van der Waals surface area contributed by atoms with Gasteiger partial charge in [0.25, 0.3) is 0 Å². The number of amides is 5. The van der Waals surface area contributed by atoms with Crippen LogP contribution >= 0.6 is 23.2 Å². The minimum atomic E-state index is -1.04. The normalized spacial score (nSPS) is 14.3. The Hall–Kier alpha value is -2.38. The van der Waals surface area contributed by atoms with Gasteiger partial charge in [-0.05, 0) is 17.7 Å². The molecule has 7 nitrogen and oxygen atoms in total. The molecule has 0 aromatic heterocycles. The van der Waals surface area contributed by atoms with Gasteiger partial charge in [-0.3, -0.25) is 19.3 Å². The van der Waals surface area contributed by atoms with Gasteiger partial charge in [-0.25, -0.2) is 9.69 Å². The van der Waals surface area contributed by atoms with Gasteiger partial charge < -0.3 is 5.32 Å². The highest BCUT2D eigenvalue weighted by Gasteiger charge is 2.44. The summed E-state index contributed by atoms with van der Waals surface area (Å²) in [5.41, 5.74) is 0.623. The minimum absolute atomic E-state index is 0.0926. The van der Waals surface area contributed by atoms with E-state index >= 15 is 0 Å². The Morgan fingerprint density at radius 1 is 1.17 bits per heavy atom. The van der Waals surface area contributed by atoms with Gasteiger partial charge in [0, 0.05) is 23.1 Å². The molecule has 1 aliphatic rings. The van der Waals surface area contributed by atoms with Gasteiger partial charge in [0.05, 0.1) is 0 Å². The van der Waals surface area contributed by atoms with Crippen LogP contribution in [0.1, 0.15) is 5.56 Å². The highest BCUT2D eigenvalue weighted by molar-refractivity contribution is 6.45. The Balaban J connectivity index is 1.97. The minimum Gasteiger partial charge on any atom is -0.350 e. The van der Waals surface area contributed by atoms with E-state index in [1.54, 1.807) is 12.1 Å². The molecule has 1 fully saturated rings. The molecule has 2 rings (SSSR count). The zero-order chi connectivity index (χ0) is 17.9. The second kappa shape index (κ2) is 7.46. The summed E-state index contributed by atoms with van der Waals surface area (Å²) in [7, 11) is 0. The predicted octanol–water partition coefficient (Wildman–Crippen LogP) is 1.59. The number of urea groups is 1.